The Bertz CT molecular complexity index is 442. The average molecular weight is 277 g/mol. The van der Waals surface area contributed by atoms with E-state index in [-0.39, 0.29) is 5.56 Å². The summed E-state index contributed by atoms with van der Waals surface area (Å²) in [5, 5.41) is 12.4. The molecular formula is C15H23N3O2. The number of aromatic nitrogens is 2. The fourth-order valence-corrected chi connectivity index (χ4v) is 2.91. The molecule has 1 aromatic rings. The number of carbonyl (C=O) groups is 1. The molecule has 0 spiro atoms. The van der Waals surface area contributed by atoms with Crippen LogP contribution in [-0.4, -0.2) is 27.6 Å². The molecular weight excluding hydrogens is 254 g/mol. The van der Waals surface area contributed by atoms with Crippen molar-refractivity contribution in [2.45, 2.75) is 45.6 Å². The standard InChI is InChI=1S/C15H23N3O2/c1-2-11-3-5-12(6-4-11)7-16-9-14-13(15(19)20)8-17-10-18-14/h8,10-12,16H,2-7,9H2,1H3,(H,19,20). The van der Waals surface area contributed by atoms with E-state index in [2.05, 4.69) is 22.2 Å². The van der Waals surface area contributed by atoms with Gasteiger partial charge in [-0.1, -0.05) is 26.2 Å². The highest BCUT2D eigenvalue weighted by molar-refractivity contribution is 5.88. The van der Waals surface area contributed by atoms with Gasteiger partial charge in [-0.15, -0.1) is 0 Å². The highest BCUT2D eigenvalue weighted by atomic mass is 16.4. The van der Waals surface area contributed by atoms with Crippen molar-refractivity contribution in [2.24, 2.45) is 11.8 Å². The Morgan fingerprint density at radius 3 is 2.70 bits per heavy atom. The molecule has 1 heterocycles. The fourth-order valence-electron chi connectivity index (χ4n) is 2.91. The topological polar surface area (TPSA) is 75.1 Å². The van der Waals surface area contributed by atoms with Gasteiger partial charge >= 0.3 is 5.97 Å². The van der Waals surface area contributed by atoms with E-state index in [1.807, 2.05) is 0 Å². The number of hydrogen-bond donors (Lipinski definition) is 2. The van der Waals surface area contributed by atoms with E-state index in [1.54, 1.807) is 0 Å². The summed E-state index contributed by atoms with van der Waals surface area (Å²) in [6.45, 7) is 3.71. The van der Waals surface area contributed by atoms with Gasteiger partial charge in [-0.2, -0.15) is 0 Å². The van der Waals surface area contributed by atoms with Crippen LogP contribution in [0, 0.1) is 11.8 Å². The third-order valence-corrected chi connectivity index (χ3v) is 4.29. The summed E-state index contributed by atoms with van der Waals surface area (Å²) in [4.78, 5) is 18.9. The van der Waals surface area contributed by atoms with Crippen LogP contribution in [0.15, 0.2) is 12.5 Å². The number of carboxylic acids is 1. The van der Waals surface area contributed by atoms with Crippen LogP contribution in [0.1, 0.15) is 55.1 Å². The van der Waals surface area contributed by atoms with E-state index in [9.17, 15) is 4.79 Å². The number of nitrogens with one attached hydrogen (secondary N) is 1. The van der Waals surface area contributed by atoms with E-state index in [0.29, 0.717) is 18.2 Å². The van der Waals surface area contributed by atoms with Gasteiger partial charge in [0, 0.05) is 12.7 Å². The molecule has 5 heteroatoms. The first-order chi connectivity index (χ1) is 9.70. The molecule has 1 aliphatic carbocycles. The van der Waals surface area contributed by atoms with Gasteiger partial charge in [0.25, 0.3) is 0 Å². The maximum atomic E-state index is 11.0. The molecule has 0 atom stereocenters. The molecule has 0 aliphatic heterocycles. The molecule has 5 nitrogen and oxygen atoms in total. The van der Waals surface area contributed by atoms with Gasteiger partial charge in [-0.05, 0) is 31.2 Å². The van der Waals surface area contributed by atoms with Crippen LogP contribution < -0.4 is 5.32 Å². The van der Waals surface area contributed by atoms with Crippen LogP contribution in [0.3, 0.4) is 0 Å². The highest BCUT2D eigenvalue weighted by Crippen LogP contribution is 2.30. The number of hydrogen-bond acceptors (Lipinski definition) is 4. The first-order valence-corrected chi connectivity index (χ1v) is 7.43. The molecule has 20 heavy (non-hydrogen) atoms. The third-order valence-electron chi connectivity index (χ3n) is 4.29. The van der Waals surface area contributed by atoms with Crippen molar-refractivity contribution in [1.29, 1.82) is 0 Å². The zero-order chi connectivity index (χ0) is 14.4. The summed E-state index contributed by atoms with van der Waals surface area (Å²) in [7, 11) is 0. The lowest BCUT2D eigenvalue weighted by Crippen LogP contribution is -2.27. The van der Waals surface area contributed by atoms with Gasteiger partial charge in [-0.3, -0.25) is 0 Å². The lowest BCUT2D eigenvalue weighted by atomic mass is 9.81. The van der Waals surface area contributed by atoms with Crippen molar-refractivity contribution in [3.8, 4) is 0 Å². The molecule has 0 amide bonds. The maximum absolute atomic E-state index is 11.0. The monoisotopic (exact) mass is 277 g/mol. The minimum absolute atomic E-state index is 0.190. The average Bonchev–Trinajstić information content (AvgIpc) is 2.48. The van der Waals surface area contributed by atoms with E-state index in [0.717, 1.165) is 12.5 Å². The molecule has 1 fully saturated rings. The van der Waals surface area contributed by atoms with Crippen LogP contribution in [0.2, 0.25) is 0 Å². The molecule has 0 aromatic carbocycles. The molecule has 0 unspecified atom stereocenters. The quantitative estimate of drug-likeness (QED) is 0.835. The second-order valence-corrected chi connectivity index (χ2v) is 5.61. The van der Waals surface area contributed by atoms with Crippen molar-refractivity contribution in [2.75, 3.05) is 6.54 Å². The van der Waals surface area contributed by atoms with Crippen molar-refractivity contribution < 1.29 is 9.90 Å². The Labute approximate surface area is 119 Å². The van der Waals surface area contributed by atoms with Gasteiger partial charge < -0.3 is 10.4 Å². The molecule has 0 radical (unpaired) electrons. The zero-order valence-corrected chi connectivity index (χ0v) is 12.0. The summed E-state index contributed by atoms with van der Waals surface area (Å²) < 4.78 is 0. The highest BCUT2D eigenvalue weighted by Gasteiger charge is 2.19. The second kappa shape index (κ2) is 7.33. The predicted molar refractivity (Wildman–Crippen MR) is 76.4 cm³/mol. The Hall–Kier alpha value is -1.49. The number of aromatic carboxylic acids is 1. The molecule has 1 aliphatic rings. The SMILES string of the molecule is CCC1CCC(CNCc2ncncc2C(=O)O)CC1. The van der Waals surface area contributed by atoms with E-state index < -0.39 is 5.97 Å². The Kier molecular flexibility index (Phi) is 5.47. The Balaban J connectivity index is 1.78. The van der Waals surface area contributed by atoms with Crippen molar-refractivity contribution in [1.82, 2.24) is 15.3 Å². The summed E-state index contributed by atoms with van der Waals surface area (Å²) >= 11 is 0. The molecule has 1 saturated carbocycles. The molecule has 0 bridgehead atoms. The Morgan fingerprint density at radius 2 is 2.05 bits per heavy atom. The van der Waals surface area contributed by atoms with Crippen LogP contribution in [0.5, 0.6) is 0 Å². The summed E-state index contributed by atoms with van der Waals surface area (Å²) in [5.74, 6) is 0.658. The van der Waals surface area contributed by atoms with Gasteiger partial charge in [0.2, 0.25) is 0 Å². The van der Waals surface area contributed by atoms with Crippen molar-refractivity contribution in [3.63, 3.8) is 0 Å². The summed E-state index contributed by atoms with van der Waals surface area (Å²) in [5.41, 5.74) is 0.754. The van der Waals surface area contributed by atoms with Crippen LogP contribution in [0.4, 0.5) is 0 Å². The number of nitrogens with zero attached hydrogens (tertiary/aromatic N) is 2. The zero-order valence-electron chi connectivity index (χ0n) is 12.0. The van der Waals surface area contributed by atoms with Crippen LogP contribution in [-0.2, 0) is 6.54 Å². The number of carboxylic acid groups (broad SMARTS) is 1. The van der Waals surface area contributed by atoms with Gasteiger partial charge in [0.1, 0.15) is 11.9 Å². The molecule has 2 N–H and O–H groups in total. The minimum atomic E-state index is -0.967. The summed E-state index contributed by atoms with van der Waals surface area (Å²) in [6.07, 6.45) is 9.27. The third kappa shape index (κ3) is 4.00. The predicted octanol–water partition coefficient (Wildman–Crippen LogP) is 2.48. The van der Waals surface area contributed by atoms with Crippen molar-refractivity contribution >= 4 is 5.97 Å². The second-order valence-electron chi connectivity index (χ2n) is 5.61. The molecule has 0 saturated heterocycles. The smallest absolute Gasteiger partial charge is 0.339 e. The van der Waals surface area contributed by atoms with Crippen LogP contribution >= 0.6 is 0 Å². The van der Waals surface area contributed by atoms with Gasteiger partial charge in [0.15, 0.2) is 0 Å². The lowest BCUT2D eigenvalue weighted by Gasteiger charge is -2.27. The van der Waals surface area contributed by atoms with Gasteiger partial charge in [0.05, 0.1) is 5.69 Å². The van der Waals surface area contributed by atoms with Gasteiger partial charge in [-0.25, -0.2) is 14.8 Å². The normalized spacial score (nSPS) is 22.6. The molecule has 2 rings (SSSR count). The first kappa shape index (κ1) is 14.9. The van der Waals surface area contributed by atoms with Crippen molar-refractivity contribution in [3.05, 3.63) is 23.8 Å². The molecule has 1 aromatic heterocycles. The Morgan fingerprint density at radius 1 is 1.35 bits per heavy atom. The number of rotatable bonds is 6. The lowest BCUT2D eigenvalue weighted by molar-refractivity contribution is 0.0694. The van der Waals surface area contributed by atoms with Crippen LogP contribution in [0.25, 0.3) is 0 Å². The minimum Gasteiger partial charge on any atom is -0.478 e. The van der Waals surface area contributed by atoms with E-state index in [4.69, 9.17) is 5.11 Å². The fraction of sp³-hybridized carbons (Fsp3) is 0.667. The van der Waals surface area contributed by atoms with E-state index >= 15 is 0 Å². The largest absolute Gasteiger partial charge is 0.478 e. The summed E-state index contributed by atoms with van der Waals surface area (Å²) in [6, 6.07) is 0. The van der Waals surface area contributed by atoms with E-state index in [1.165, 1.54) is 44.6 Å². The maximum Gasteiger partial charge on any atom is 0.339 e. The first-order valence-electron chi connectivity index (χ1n) is 7.43. The molecule has 110 valence electrons.